The maximum atomic E-state index is 5.56. The van der Waals surface area contributed by atoms with Gasteiger partial charge in [0.1, 0.15) is 9.98 Å². The van der Waals surface area contributed by atoms with Crippen molar-refractivity contribution in [2.45, 2.75) is 25.7 Å². The van der Waals surface area contributed by atoms with E-state index >= 15 is 0 Å². The summed E-state index contributed by atoms with van der Waals surface area (Å²) in [5, 5.41) is 13.1. The van der Waals surface area contributed by atoms with Gasteiger partial charge in [0.25, 0.3) is 0 Å². The van der Waals surface area contributed by atoms with Crippen molar-refractivity contribution in [2.75, 3.05) is 14.1 Å². The van der Waals surface area contributed by atoms with Crippen molar-refractivity contribution < 1.29 is 0 Å². The Balaban J connectivity index is 1.67. The Labute approximate surface area is 177 Å². The summed E-state index contributed by atoms with van der Waals surface area (Å²) in [6, 6.07) is 19.9. The van der Waals surface area contributed by atoms with Gasteiger partial charge in [-0.3, -0.25) is 10.0 Å². The minimum atomic E-state index is 0.722. The van der Waals surface area contributed by atoms with Crippen LogP contribution in [0.2, 0.25) is 0 Å². The standard InChI is InChI=1S/C22H24N4S2/c1-25(21(27)17-10-5-3-6-11-17)23-19-14-9-15-20(16-19)24-26(2)22(28)18-12-7-4-8-13-18/h3-8,10-13H,9,14-16H2,1-2H3. The predicted molar refractivity (Wildman–Crippen MR) is 125 cm³/mol. The van der Waals surface area contributed by atoms with Gasteiger partial charge in [0, 0.05) is 43.1 Å². The fourth-order valence-electron chi connectivity index (χ4n) is 3.13. The molecule has 4 nitrogen and oxygen atoms in total. The zero-order chi connectivity index (χ0) is 19.9. The van der Waals surface area contributed by atoms with Crippen molar-refractivity contribution in [1.29, 1.82) is 0 Å². The lowest BCUT2D eigenvalue weighted by Crippen LogP contribution is -2.27. The molecule has 0 N–H and O–H groups in total. The van der Waals surface area contributed by atoms with Crippen LogP contribution < -0.4 is 0 Å². The summed E-state index contributed by atoms with van der Waals surface area (Å²) in [4.78, 5) is 1.44. The average Bonchev–Trinajstić information content (AvgIpc) is 2.74. The smallest absolute Gasteiger partial charge is 0.129 e. The van der Waals surface area contributed by atoms with Crippen LogP contribution in [0.25, 0.3) is 0 Å². The second-order valence-corrected chi connectivity index (χ2v) is 7.53. The molecular weight excluding hydrogens is 384 g/mol. The first-order chi connectivity index (χ1) is 13.5. The van der Waals surface area contributed by atoms with Gasteiger partial charge in [-0.25, -0.2) is 0 Å². The highest BCUT2D eigenvalue weighted by Gasteiger charge is 2.17. The Hall–Kier alpha value is -2.44. The van der Waals surface area contributed by atoms with Crippen molar-refractivity contribution in [3.63, 3.8) is 0 Å². The van der Waals surface area contributed by atoms with Crippen LogP contribution in [0.3, 0.4) is 0 Å². The third-order valence-corrected chi connectivity index (χ3v) is 5.55. The second kappa shape index (κ2) is 9.66. The van der Waals surface area contributed by atoms with Crippen molar-refractivity contribution in [3.8, 4) is 0 Å². The Bertz CT molecular complexity index is 818. The molecule has 0 aromatic heterocycles. The van der Waals surface area contributed by atoms with E-state index in [-0.39, 0.29) is 0 Å². The summed E-state index contributed by atoms with van der Waals surface area (Å²) in [7, 11) is 3.81. The Morgan fingerprint density at radius 2 is 1.11 bits per heavy atom. The van der Waals surface area contributed by atoms with Crippen LogP contribution in [0.15, 0.2) is 70.9 Å². The highest BCUT2D eigenvalue weighted by Crippen LogP contribution is 2.17. The first-order valence-corrected chi connectivity index (χ1v) is 10.1. The van der Waals surface area contributed by atoms with Crippen molar-refractivity contribution in [1.82, 2.24) is 10.0 Å². The Morgan fingerprint density at radius 1 is 0.714 bits per heavy atom. The largest absolute Gasteiger partial charge is 0.257 e. The molecule has 1 saturated carbocycles. The lowest BCUT2D eigenvalue weighted by molar-refractivity contribution is 0.541. The summed E-state index contributed by atoms with van der Waals surface area (Å²) in [5.74, 6) is 0. The molecule has 0 saturated heterocycles. The molecule has 0 bridgehead atoms. The Kier molecular flexibility index (Phi) is 7.01. The van der Waals surface area contributed by atoms with Gasteiger partial charge in [-0.05, 0) is 19.3 Å². The summed E-state index contributed by atoms with van der Waals surface area (Å²) >= 11 is 11.1. The highest BCUT2D eigenvalue weighted by atomic mass is 32.1. The molecule has 2 aromatic carbocycles. The number of nitrogens with zero attached hydrogens (tertiary/aromatic N) is 4. The van der Waals surface area contributed by atoms with Gasteiger partial charge in [0.05, 0.1) is 0 Å². The molecule has 28 heavy (non-hydrogen) atoms. The van der Waals surface area contributed by atoms with E-state index in [1.165, 1.54) is 0 Å². The topological polar surface area (TPSA) is 31.2 Å². The molecule has 2 aromatic rings. The quantitative estimate of drug-likeness (QED) is 0.533. The number of thiocarbonyl (C=S) groups is 2. The van der Waals surface area contributed by atoms with Crippen molar-refractivity contribution in [3.05, 3.63) is 71.8 Å². The number of rotatable bonds is 4. The molecule has 0 aliphatic heterocycles. The fraction of sp³-hybridized carbons (Fsp3) is 0.273. The maximum Gasteiger partial charge on any atom is 0.129 e. The normalized spacial score (nSPS) is 16.8. The number of hydrazone groups is 2. The number of hydrogen-bond donors (Lipinski definition) is 0. The molecule has 1 aliphatic rings. The van der Waals surface area contributed by atoms with E-state index in [2.05, 4.69) is 0 Å². The van der Waals surface area contributed by atoms with E-state index in [0.717, 1.165) is 58.2 Å². The molecule has 1 aliphatic carbocycles. The van der Waals surface area contributed by atoms with Crippen LogP contribution in [-0.4, -0.2) is 45.5 Å². The van der Waals surface area contributed by atoms with E-state index in [0.29, 0.717) is 0 Å². The van der Waals surface area contributed by atoms with Crippen molar-refractivity contribution in [2.24, 2.45) is 10.2 Å². The summed E-state index contributed by atoms with van der Waals surface area (Å²) in [6.07, 6.45) is 3.72. The lowest BCUT2D eigenvalue weighted by atomic mass is 9.96. The van der Waals surface area contributed by atoms with E-state index in [4.69, 9.17) is 34.6 Å². The van der Waals surface area contributed by atoms with Crippen LogP contribution in [0, 0.1) is 0 Å². The molecule has 6 heteroatoms. The third-order valence-electron chi connectivity index (χ3n) is 4.55. The summed E-state index contributed by atoms with van der Waals surface area (Å²) < 4.78 is 0. The molecule has 0 amide bonds. The van der Waals surface area contributed by atoms with E-state index in [1.54, 1.807) is 10.0 Å². The van der Waals surface area contributed by atoms with Crippen LogP contribution >= 0.6 is 24.4 Å². The molecule has 0 radical (unpaired) electrons. The lowest BCUT2D eigenvalue weighted by Gasteiger charge is -2.22. The fourth-order valence-corrected chi connectivity index (χ4v) is 3.48. The van der Waals surface area contributed by atoms with Crippen LogP contribution in [0.1, 0.15) is 36.8 Å². The van der Waals surface area contributed by atoms with Gasteiger partial charge in [-0.15, -0.1) is 0 Å². The Morgan fingerprint density at radius 3 is 1.50 bits per heavy atom. The van der Waals surface area contributed by atoms with Gasteiger partial charge in [0.15, 0.2) is 0 Å². The number of benzene rings is 2. The second-order valence-electron chi connectivity index (χ2n) is 6.75. The maximum absolute atomic E-state index is 5.56. The van der Waals surface area contributed by atoms with Gasteiger partial charge >= 0.3 is 0 Å². The molecule has 0 atom stereocenters. The summed E-state index contributed by atoms with van der Waals surface area (Å²) in [6.45, 7) is 0. The van der Waals surface area contributed by atoms with Crippen LogP contribution in [-0.2, 0) is 0 Å². The monoisotopic (exact) mass is 408 g/mol. The zero-order valence-corrected chi connectivity index (χ0v) is 17.8. The van der Waals surface area contributed by atoms with Crippen molar-refractivity contribution >= 4 is 45.8 Å². The molecule has 0 unspecified atom stereocenters. The molecular formula is C22H24N4S2. The van der Waals surface area contributed by atoms with E-state index < -0.39 is 0 Å². The molecule has 0 spiro atoms. The van der Waals surface area contributed by atoms with Gasteiger partial charge in [-0.1, -0.05) is 85.1 Å². The molecule has 3 rings (SSSR count). The van der Waals surface area contributed by atoms with Gasteiger partial charge in [-0.2, -0.15) is 10.2 Å². The predicted octanol–water partition coefficient (Wildman–Crippen LogP) is 4.89. The minimum absolute atomic E-state index is 0.722. The van der Waals surface area contributed by atoms with Gasteiger partial charge < -0.3 is 0 Å². The molecule has 144 valence electrons. The molecule has 1 fully saturated rings. The first kappa shape index (κ1) is 20.3. The molecule has 0 heterocycles. The number of hydrogen-bond acceptors (Lipinski definition) is 4. The zero-order valence-electron chi connectivity index (χ0n) is 16.2. The third kappa shape index (κ3) is 5.30. The highest BCUT2D eigenvalue weighted by molar-refractivity contribution is 7.80. The minimum Gasteiger partial charge on any atom is -0.257 e. The van der Waals surface area contributed by atoms with Gasteiger partial charge in [0.2, 0.25) is 0 Å². The first-order valence-electron chi connectivity index (χ1n) is 9.33. The average molecular weight is 409 g/mol. The van der Waals surface area contributed by atoms with Crippen LogP contribution in [0.4, 0.5) is 0 Å². The van der Waals surface area contributed by atoms with E-state index in [9.17, 15) is 0 Å². The summed E-state index contributed by atoms with van der Waals surface area (Å²) in [5.41, 5.74) is 4.21. The SMILES string of the molecule is CN(N=C1CCCC(=NN(C)C(=S)c2ccccc2)C1)C(=S)c1ccccc1. The van der Waals surface area contributed by atoms with E-state index in [1.807, 2.05) is 74.8 Å². The van der Waals surface area contributed by atoms with Crippen LogP contribution in [0.5, 0.6) is 0 Å².